The van der Waals surface area contributed by atoms with E-state index in [1.807, 2.05) is 73.7 Å². The monoisotopic (exact) mass is 409 g/mol. The maximum Gasteiger partial charge on any atom is 0.261 e. The zero-order valence-corrected chi connectivity index (χ0v) is 17.9. The number of nitrogens with one attached hydrogen (secondary N) is 1. The topological polar surface area (TPSA) is 38.3 Å². The van der Waals surface area contributed by atoms with Crippen LogP contribution in [0.15, 0.2) is 97.1 Å². The van der Waals surface area contributed by atoms with Crippen molar-refractivity contribution in [1.82, 2.24) is 5.32 Å². The lowest BCUT2D eigenvalue weighted by atomic mass is 9.97. The SMILES string of the molecule is CC[C@H](Oc1ccc2ccccc2c1)C(=O)N[C@@H](c1ccccc1)c1ccc(C)cc1. The van der Waals surface area contributed by atoms with Crippen molar-refractivity contribution in [2.45, 2.75) is 32.4 Å². The zero-order chi connectivity index (χ0) is 21.6. The third-order valence-electron chi connectivity index (χ3n) is 5.49. The van der Waals surface area contributed by atoms with Gasteiger partial charge in [0.2, 0.25) is 0 Å². The van der Waals surface area contributed by atoms with Crippen LogP contribution < -0.4 is 10.1 Å². The number of ether oxygens (including phenoxy) is 1. The van der Waals surface area contributed by atoms with Crippen molar-refractivity contribution in [3.63, 3.8) is 0 Å². The van der Waals surface area contributed by atoms with Crippen molar-refractivity contribution in [2.75, 3.05) is 0 Å². The van der Waals surface area contributed by atoms with Gasteiger partial charge in [-0.3, -0.25) is 4.79 Å². The molecule has 0 unspecified atom stereocenters. The summed E-state index contributed by atoms with van der Waals surface area (Å²) in [5.41, 5.74) is 3.28. The number of carbonyl (C=O) groups excluding carboxylic acids is 1. The molecule has 0 heterocycles. The Bertz CT molecular complexity index is 1150. The lowest BCUT2D eigenvalue weighted by molar-refractivity contribution is -0.128. The maximum atomic E-state index is 13.2. The number of hydrogen-bond acceptors (Lipinski definition) is 2. The van der Waals surface area contributed by atoms with Crippen molar-refractivity contribution in [1.29, 1.82) is 0 Å². The molecule has 0 bridgehead atoms. The van der Waals surface area contributed by atoms with E-state index >= 15 is 0 Å². The van der Waals surface area contributed by atoms with E-state index in [1.54, 1.807) is 0 Å². The maximum absolute atomic E-state index is 13.2. The fraction of sp³-hybridized carbons (Fsp3) is 0.179. The Morgan fingerprint density at radius 2 is 1.45 bits per heavy atom. The molecule has 3 nitrogen and oxygen atoms in total. The van der Waals surface area contributed by atoms with Gasteiger partial charge in [0.05, 0.1) is 6.04 Å². The van der Waals surface area contributed by atoms with E-state index in [0.29, 0.717) is 12.2 Å². The molecular formula is C28H27NO2. The molecule has 0 aliphatic carbocycles. The van der Waals surface area contributed by atoms with Gasteiger partial charge in [-0.2, -0.15) is 0 Å². The summed E-state index contributed by atoms with van der Waals surface area (Å²) in [6, 6.07) is 32.1. The van der Waals surface area contributed by atoms with Crippen LogP contribution in [0, 0.1) is 6.92 Å². The Morgan fingerprint density at radius 3 is 2.16 bits per heavy atom. The van der Waals surface area contributed by atoms with Gasteiger partial charge >= 0.3 is 0 Å². The molecule has 0 aliphatic heterocycles. The summed E-state index contributed by atoms with van der Waals surface area (Å²) in [6.45, 7) is 4.03. The third-order valence-corrected chi connectivity index (χ3v) is 5.49. The summed E-state index contributed by atoms with van der Waals surface area (Å²) in [5.74, 6) is 0.581. The first-order valence-electron chi connectivity index (χ1n) is 10.7. The molecule has 4 aromatic rings. The normalized spacial score (nSPS) is 12.8. The molecule has 0 aromatic heterocycles. The van der Waals surface area contributed by atoms with E-state index in [1.165, 1.54) is 5.56 Å². The first kappa shape index (κ1) is 20.7. The van der Waals surface area contributed by atoms with E-state index in [9.17, 15) is 4.79 Å². The molecule has 4 aromatic carbocycles. The summed E-state index contributed by atoms with van der Waals surface area (Å²) in [6.07, 6.45) is 0.00599. The van der Waals surface area contributed by atoms with Crippen LogP contribution in [0.25, 0.3) is 10.8 Å². The van der Waals surface area contributed by atoms with Gasteiger partial charge in [-0.25, -0.2) is 0 Å². The molecule has 0 saturated carbocycles. The van der Waals surface area contributed by atoms with Crippen LogP contribution in [-0.4, -0.2) is 12.0 Å². The molecule has 1 amide bonds. The summed E-state index contributed by atoms with van der Waals surface area (Å²) in [4.78, 5) is 13.2. The number of fused-ring (bicyclic) bond motifs is 1. The van der Waals surface area contributed by atoms with Crippen LogP contribution >= 0.6 is 0 Å². The molecule has 3 heteroatoms. The van der Waals surface area contributed by atoms with Gasteiger partial charge in [0.15, 0.2) is 6.10 Å². The first-order chi connectivity index (χ1) is 15.1. The average molecular weight is 410 g/mol. The predicted octanol–water partition coefficient (Wildman–Crippen LogP) is 6.21. The van der Waals surface area contributed by atoms with Crippen LogP contribution in [0.5, 0.6) is 5.75 Å². The molecule has 0 saturated heterocycles. The molecule has 31 heavy (non-hydrogen) atoms. The van der Waals surface area contributed by atoms with Gasteiger partial charge in [-0.05, 0) is 47.4 Å². The molecule has 0 aliphatic rings. The Balaban J connectivity index is 1.56. The number of rotatable bonds is 7. The van der Waals surface area contributed by atoms with Crippen LogP contribution in [0.3, 0.4) is 0 Å². The standard InChI is InChI=1S/C28H27NO2/c1-3-26(31-25-18-17-21-9-7-8-12-24(21)19-25)28(30)29-27(22-10-5-4-6-11-22)23-15-13-20(2)14-16-23/h4-19,26-27H,3H2,1-2H3,(H,29,30)/t26-,27-/m0/s1. The lowest BCUT2D eigenvalue weighted by Gasteiger charge is -2.24. The highest BCUT2D eigenvalue weighted by Gasteiger charge is 2.24. The van der Waals surface area contributed by atoms with Crippen LogP contribution in [0.4, 0.5) is 0 Å². The first-order valence-corrected chi connectivity index (χ1v) is 10.7. The number of carbonyl (C=O) groups is 1. The molecule has 0 radical (unpaired) electrons. The van der Waals surface area contributed by atoms with Gasteiger partial charge in [0.25, 0.3) is 5.91 Å². The average Bonchev–Trinajstić information content (AvgIpc) is 2.82. The van der Waals surface area contributed by atoms with Crippen molar-refractivity contribution in [3.05, 3.63) is 114 Å². The Morgan fingerprint density at radius 1 is 0.806 bits per heavy atom. The second-order valence-corrected chi connectivity index (χ2v) is 7.79. The number of amides is 1. The van der Waals surface area contributed by atoms with Gasteiger partial charge in [-0.15, -0.1) is 0 Å². The van der Waals surface area contributed by atoms with Crippen LogP contribution in [0.1, 0.15) is 36.1 Å². The second-order valence-electron chi connectivity index (χ2n) is 7.79. The van der Waals surface area contributed by atoms with E-state index in [-0.39, 0.29) is 11.9 Å². The second kappa shape index (κ2) is 9.48. The van der Waals surface area contributed by atoms with Crippen molar-refractivity contribution < 1.29 is 9.53 Å². The molecule has 156 valence electrons. The summed E-state index contributed by atoms with van der Waals surface area (Å²) in [5, 5.41) is 5.46. The molecule has 0 fully saturated rings. The van der Waals surface area contributed by atoms with Gasteiger partial charge in [0, 0.05) is 0 Å². The minimum absolute atomic E-state index is 0.120. The largest absolute Gasteiger partial charge is 0.481 e. The van der Waals surface area contributed by atoms with Gasteiger partial charge in [-0.1, -0.05) is 97.4 Å². The van der Waals surface area contributed by atoms with Crippen molar-refractivity contribution >= 4 is 16.7 Å². The van der Waals surface area contributed by atoms with E-state index in [2.05, 4.69) is 42.6 Å². The Labute approximate surface area is 183 Å². The molecule has 4 rings (SSSR count). The van der Waals surface area contributed by atoms with Crippen molar-refractivity contribution in [2.24, 2.45) is 0 Å². The number of aryl methyl sites for hydroxylation is 1. The summed E-state index contributed by atoms with van der Waals surface area (Å²) < 4.78 is 6.11. The van der Waals surface area contributed by atoms with E-state index in [0.717, 1.165) is 21.9 Å². The highest BCUT2D eigenvalue weighted by atomic mass is 16.5. The van der Waals surface area contributed by atoms with Crippen molar-refractivity contribution in [3.8, 4) is 5.75 Å². The minimum atomic E-state index is -0.571. The fourth-order valence-corrected chi connectivity index (χ4v) is 3.73. The van der Waals surface area contributed by atoms with Crippen LogP contribution in [-0.2, 0) is 4.79 Å². The zero-order valence-electron chi connectivity index (χ0n) is 17.9. The minimum Gasteiger partial charge on any atom is -0.481 e. The van der Waals surface area contributed by atoms with Crippen LogP contribution in [0.2, 0.25) is 0 Å². The Hall–Kier alpha value is -3.59. The highest BCUT2D eigenvalue weighted by Crippen LogP contribution is 2.25. The number of benzene rings is 4. The molecule has 2 atom stereocenters. The smallest absolute Gasteiger partial charge is 0.261 e. The quantitative estimate of drug-likeness (QED) is 0.394. The molecular weight excluding hydrogens is 382 g/mol. The summed E-state index contributed by atoms with van der Waals surface area (Å²) >= 11 is 0. The van der Waals surface area contributed by atoms with Gasteiger partial charge < -0.3 is 10.1 Å². The predicted molar refractivity (Wildman–Crippen MR) is 126 cm³/mol. The molecule has 0 spiro atoms. The number of hydrogen-bond donors (Lipinski definition) is 1. The fourth-order valence-electron chi connectivity index (χ4n) is 3.73. The highest BCUT2D eigenvalue weighted by molar-refractivity contribution is 5.84. The van der Waals surface area contributed by atoms with E-state index in [4.69, 9.17) is 4.74 Å². The third kappa shape index (κ3) is 4.95. The van der Waals surface area contributed by atoms with E-state index < -0.39 is 6.10 Å². The molecule has 1 N–H and O–H groups in total. The van der Waals surface area contributed by atoms with Gasteiger partial charge in [0.1, 0.15) is 5.75 Å². The summed E-state index contributed by atoms with van der Waals surface area (Å²) in [7, 11) is 0. The Kier molecular flexibility index (Phi) is 6.32. The lowest BCUT2D eigenvalue weighted by Crippen LogP contribution is -2.40.